The highest BCUT2D eigenvalue weighted by Gasteiger charge is 2.12. The fraction of sp³-hybridized carbons (Fsp3) is 0.308. The molecule has 6 heteroatoms. The first-order valence-corrected chi connectivity index (χ1v) is 6.04. The van der Waals surface area contributed by atoms with Gasteiger partial charge in [0.1, 0.15) is 5.56 Å². The molecule has 0 unspecified atom stereocenters. The number of hydrogen-bond acceptors (Lipinski definition) is 3. The normalized spacial score (nSPS) is 10.7. The van der Waals surface area contributed by atoms with Gasteiger partial charge in [0.05, 0.1) is 0 Å². The van der Waals surface area contributed by atoms with Gasteiger partial charge in [0.15, 0.2) is 5.82 Å². The fourth-order valence-corrected chi connectivity index (χ4v) is 1.63. The van der Waals surface area contributed by atoms with Crippen molar-refractivity contribution in [1.29, 1.82) is 0 Å². The third kappa shape index (κ3) is 2.90. The Hall–Kier alpha value is -2.37. The van der Waals surface area contributed by atoms with Gasteiger partial charge >= 0.3 is 0 Å². The second-order valence-corrected chi connectivity index (χ2v) is 4.70. The fourth-order valence-electron chi connectivity index (χ4n) is 1.63. The molecule has 0 radical (unpaired) electrons. The van der Waals surface area contributed by atoms with E-state index in [1.807, 2.05) is 13.8 Å². The second kappa shape index (κ2) is 5.09. The number of anilines is 1. The molecule has 19 heavy (non-hydrogen) atoms. The summed E-state index contributed by atoms with van der Waals surface area (Å²) in [5.74, 6) is 0.234. The maximum Gasteiger partial charge on any atom is 0.262 e. The third-order valence-electron chi connectivity index (χ3n) is 2.76. The van der Waals surface area contributed by atoms with Crippen molar-refractivity contribution in [2.45, 2.75) is 26.7 Å². The van der Waals surface area contributed by atoms with Crippen molar-refractivity contribution in [2.24, 2.45) is 0 Å². The summed E-state index contributed by atoms with van der Waals surface area (Å²) < 4.78 is 0. The molecular weight excluding hydrogens is 244 g/mol. The summed E-state index contributed by atoms with van der Waals surface area (Å²) in [6.45, 7) is 5.79. The van der Waals surface area contributed by atoms with Crippen LogP contribution in [0, 0.1) is 6.92 Å². The molecule has 1 amide bonds. The Bertz CT molecular complexity index is 655. The highest BCUT2D eigenvalue weighted by molar-refractivity contribution is 6.03. The van der Waals surface area contributed by atoms with Crippen LogP contribution in [0.4, 0.5) is 5.82 Å². The van der Waals surface area contributed by atoms with Gasteiger partial charge in [-0.3, -0.25) is 14.7 Å². The summed E-state index contributed by atoms with van der Waals surface area (Å²) >= 11 is 0. The first kappa shape index (κ1) is 13.1. The first-order valence-electron chi connectivity index (χ1n) is 6.04. The van der Waals surface area contributed by atoms with Crippen molar-refractivity contribution in [3.8, 4) is 0 Å². The van der Waals surface area contributed by atoms with Crippen LogP contribution in [0.3, 0.4) is 0 Å². The average molecular weight is 260 g/mol. The highest BCUT2D eigenvalue weighted by Crippen LogP contribution is 2.15. The predicted octanol–water partition coefficient (Wildman–Crippen LogP) is 1.78. The van der Waals surface area contributed by atoms with E-state index in [4.69, 9.17) is 0 Å². The van der Waals surface area contributed by atoms with Crippen LogP contribution in [0.5, 0.6) is 0 Å². The Morgan fingerprint density at radius 2 is 2.11 bits per heavy atom. The van der Waals surface area contributed by atoms with Crippen LogP contribution in [-0.2, 0) is 0 Å². The molecule has 2 rings (SSSR count). The minimum absolute atomic E-state index is 0.0692. The molecule has 100 valence electrons. The first-order chi connectivity index (χ1) is 8.97. The molecule has 0 aliphatic carbocycles. The lowest BCUT2D eigenvalue weighted by molar-refractivity contribution is 0.102. The zero-order valence-corrected chi connectivity index (χ0v) is 11.1. The number of amides is 1. The molecule has 2 aromatic heterocycles. The van der Waals surface area contributed by atoms with E-state index in [1.54, 1.807) is 19.1 Å². The molecule has 0 aliphatic heterocycles. The summed E-state index contributed by atoms with van der Waals surface area (Å²) in [6, 6.07) is 4.94. The van der Waals surface area contributed by atoms with E-state index < -0.39 is 11.5 Å². The third-order valence-corrected chi connectivity index (χ3v) is 2.76. The van der Waals surface area contributed by atoms with Gasteiger partial charge in [-0.25, -0.2) is 0 Å². The van der Waals surface area contributed by atoms with Gasteiger partial charge < -0.3 is 10.3 Å². The summed E-state index contributed by atoms with van der Waals surface area (Å²) in [4.78, 5) is 26.2. The van der Waals surface area contributed by atoms with Crippen LogP contribution in [-0.4, -0.2) is 21.1 Å². The largest absolute Gasteiger partial charge is 0.326 e. The molecule has 2 aromatic rings. The standard InChI is InChI=1S/C13H16N4O2/c1-7(2)10-6-11(17-16-10)15-13(19)9-5-4-8(3)14-12(9)18/h4-7H,1-3H3,(H,14,18)(H2,15,16,17,19). The number of H-pyrrole nitrogens is 2. The molecule has 0 bridgehead atoms. The minimum atomic E-state index is -0.469. The van der Waals surface area contributed by atoms with Crippen molar-refractivity contribution < 1.29 is 4.79 Å². The SMILES string of the molecule is Cc1ccc(C(=O)Nc2cc(C(C)C)[nH]n2)c(=O)[nH]1. The molecule has 0 aliphatic rings. The van der Waals surface area contributed by atoms with Gasteiger partial charge in [0, 0.05) is 17.5 Å². The maximum atomic E-state index is 11.9. The Morgan fingerprint density at radius 1 is 1.37 bits per heavy atom. The number of nitrogens with zero attached hydrogens (tertiary/aromatic N) is 1. The Morgan fingerprint density at radius 3 is 2.68 bits per heavy atom. The van der Waals surface area contributed by atoms with E-state index in [2.05, 4.69) is 20.5 Å². The second-order valence-electron chi connectivity index (χ2n) is 4.70. The van der Waals surface area contributed by atoms with Gasteiger partial charge in [0.25, 0.3) is 11.5 Å². The molecule has 0 aromatic carbocycles. The quantitative estimate of drug-likeness (QED) is 0.785. The Kier molecular flexibility index (Phi) is 3.50. The summed E-state index contributed by atoms with van der Waals surface area (Å²) in [7, 11) is 0. The summed E-state index contributed by atoms with van der Waals surface area (Å²) in [6.07, 6.45) is 0. The zero-order chi connectivity index (χ0) is 14.0. The van der Waals surface area contributed by atoms with Crippen LogP contribution in [0.1, 0.15) is 41.5 Å². The molecule has 0 saturated carbocycles. The Balaban J connectivity index is 2.18. The van der Waals surface area contributed by atoms with Gasteiger partial charge in [0.2, 0.25) is 0 Å². The van der Waals surface area contributed by atoms with E-state index in [9.17, 15) is 9.59 Å². The van der Waals surface area contributed by atoms with Crippen molar-refractivity contribution in [1.82, 2.24) is 15.2 Å². The van der Waals surface area contributed by atoms with Gasteiger partial charge in [-0.05, 0) is 25.0 Å². The van der Waals surface area contributed by atoms with Crippen LogP contribution in [0.15, 0.2) is 23.0 Å². The zero-order valence-electron chi connectivity index (χ0n) is 11.1. The maximum absolute atomic E-state index is 11.9. The van der Waals surface area contributed by atoms with Crippen LogP contribution < -0.4 is 10.9 Å². The lowest BCUT2D eigenvalue weighted by Crippen LogP contribution is -2.23. The van der Waals surface area contributed by atoms with Gasteiger partial charge in [-0.15, -0.1) is 0 Å². The predicted molar refractivity (Wildman–Crippen MR) is 72.4 cm³/mol. The number of nitrogens with one attached hydrogen (secondary N) is 3. The lowest BCUT2D eigenvalue weighted by Gasteiger charge is -2.01. The lowest BCUT2D eigenvalue weighted by atomic mass is 10.1. The molecule has 0 saturated heterocycles. The number of carbonyl (C=O) groups excluding carboxylic acids is 1. The van der Waals surface area contributed by atoms with Crippen molar-refractivity contribution in [3.63, 3.8) is 0 Å². The van der Waals surface area contributed by atoms with Crippen LogP contribution >= 0.6 is 0 Å². The molecule has 6 nitrogen and oxygen atoms in total. The molecule has 2 heterocycles. The molecule has 0 spiro atoms. The van der Waals surface area contributed by atoms with Gasteiger partial charge in [-0.1, -0.05) is 13.8 Å². The number of rotatable bonds is 3. The summed E-state index contributed by atoms with van der Waals surface area (Å²) in [5.41, 5.74) is 1.30. The molecule has 0 atom stereocenters. The number of pyridine rings is 1. The molecule has 0 fully saturated rings. The van der Waals surface area contributed by atoms with E-state index in [-0.39, 0.29) is 5.56 Å². The number of aromatic nitrogens is 3. The molecular formula is C13H16N4O2. The Labute approximate surface area is 110 Å². The number of aromatic amines is 2. The monoisotopic (exact) mass is 260 g/mol. The van der Waals surface area contributed by atoms with E-state index in [0.717, 1.165) is 5.69 Å². The van der Waals surface area contributed by atoms with E-state index >= 15 is 0 Å². The number of hydrogen-bond donors (Lipinski definition) is 3. The molecule has 3 N–H and O–H groups in total. The van der Waals surface area contributed by atoms with Gasteiger partial charge in [-0.2, -0.15) is 5.10 Å². The minimum Gasteiger partial charge on any atom is -0.326 e. The van der Waals surface area contributed by atoms with Crippen LogP contribution in [0.25, 0.3) is 0 Å². The summed E-state index contributed by atoms with van der Waals surface area (Å²) in [5, 5.41) is 9.41. The number of aryl methyl sites for hydroxylation is 1. The van der Waals surface area contributed by atoms with E-state index in [0.29, 0.717) is 17.4 Å². The average Bonchev–Trinajstić information content (AvgIpc) is 2.77. The smallest absolute Gasteiger partial charge is 0.262 e. The highest BCUT2D eigenvalue weighted by atomic mass is 16.2. The topological polar surface area (TPSA) is 90.6 Å². The van der Waals surface area contributed by atoms with Crippen LogP contribution in [0.2, 0.25) is 0 Å². The number of carbonyl (C=O) groups is 1. The van der Waals surface area contributed by atoms with E-state index in [1.165, 1.54) is 6.07 Å². The van der Waals surface area contributed by atoms with Crippen molar-refractivity contribution in [3.05, 3.63) is 45.5 Å². The van der Waals surface area contributed by atoms with Crippen molar-refractivity contribution in [2.75, 3.05) is 5.32 Å². The van der Waals surface area contributed by atoms with Crippen molar-refractivity contribution >= 4 is 11.7 Å².